The minimum atomic E-state index is -0.674. The lowest BCUT2D eigenvalue weighted by molar-refractivity contribution is 0.0544. The van der Waals surface area contributed by atoms with Gasteiger partial charge < -0.3 is 19.7 Å². The van der Waals surface area contributed by atoms with E-state index < -0.39 is 11.7 Å². The van der Waals surface area contributed by atoms with Crippen molar-refractivity contribution in [2.45, 2.75) is 45.3 Å². The number of benzene rings is 1. The monoisotopic (exact) mass is 563 g/mol. The number of nitriles is 1. The molecule has 4 aromatic heterocycles. The van der Waals surface area contributed by atoms with Crippen molar-refractivity contribution in [3.63, 3.8) is 0 Å². The fraction of sp³-hybridized carbons (Fsp3) is 0.290. The highest BCUT2D eigenvalue weighted by atomic mass is 16.6. The molecule has 2 N–H and O–H groups in total. The summed E-state index contributed by atoms with van der Waals surface area (Å²) in [5, 5.41) is 20.4. The topological polar surface area (TPSA) is 150 Å². The molecule has 6 rings (SSSR count). The normalized spacial score (nSPS) is 14.3. The summed E-state index contributed by atoms with van der Waals surface area (Å²) in [7, 11) is 0. The van der Waals surface area contributed by atoms with Gasteiger partial charge in [0.1, 0.15) is 11.4 Å². The summed E-state index contributed by atoms with van der Waals surface area (Å²) in [6.45, 7) is 6.78. The standard InChI is InChI=1S/C31H29N7O4/c1-31(2,3)42-30(41)38-13-10-21-23(16-33-17-25(21)38)22-14-18(4-5-19(22)15-32)27(40)29-34-24-6-7-26(35-28(24)36-29)37-11-8-20(39)9-12-37/h4-7,10,13-14,16-17,20,39H,8-9,11-12H2,1-3H3,(H,34,35,36). The third kappa shape index (κ3) is 5.08. The maximum Gasteiger partial charge on any atom is 0.419 e. The Kier molecular flexibility index (Phi) is 6.71. The molecule has 1 fully saturated rings. The number of nitrogens with one attached hydrogen (secondary N) is 1. The van der Waals surface area contributed by atoms with Gasteiger partial charge in [-0.25, -0.2) is 14.8 Å². The van der Waals surface area contributed by atoms with Crippen LogP contribution >= 0.6 is 0 Å². The number of aliphatic hydroxyl groups excluding tert-OH is 1. The molecule has 0 amide bonds. The van der Waals surface area contributed by atoms with E-state index in [0.717, 1.165) is 5.82 Å². The van der Waals surface area contributed by atoms with E-state index in [1.165, 1.54) is 4.57 Å². The molecule has 1 saturated heterocycles. The quantitative estimate of drug-likeness (QED) is 0.293. The first-order valence-electron chi connectivity index (χ1n) is 13.7. The Balaban J connectivity index is 1.34. The van der Waals surface area contributed by atoms with Crippen LogP contribution in [0.5, 0.6) is 0 Å². The second-order valence-electron chi connectivity index (χ2n) is 11.3. The number of anilines is 1. The van der Waals surface area contributed by atoms with Gasteiger partial charge in [-0.15, -0.1) is 0 Å². The summed E-state index contributed by atoms with van der Waals surface area (Å²) < 4.78 is 6.90. The van der Waals surface area contributed by atoms with E-state index >= 15 is 0 Å². The van der Waals surface area contributed by atoms with Crippen molar-refractivity contribution < 1.29 is 19.4 Å². The van der Waals surface area contributed by atoms with E-state index in [1.807, 2.05) is 12.1 Å². The number of aromatic nitrogens is 5. The number of H-pyrrole nitrogens is 1. The van der Waals surface area contributed by atoms with Gasteiger partial charge >= 0.3 is 6.09 Å². The lowest BCUT2D eigenvalue weighted by Crippen LogP contribution is -2.36. The SMILES string of the molecule is CC(C)(C)OC(=O)n1ccc2c(-c3cc(C(=O)c4nc5nc(N6CCC(O)CC6)ccc5[nH]4)ccc3C#N)cncc21. The zero-order valence-corrected chi connectivity index (χ0v) is 23.5. The van der Waals surface area contributed by atoms with Crippen LogP contribution in [0.15, 0.2) is 55.0 Å². The zero-order chi connectivity index (χ0) is 29.6. The van der Waals surface area contributed by atoms with Gasteiger partial charge in [-0.05, 0) is 70.0 Å². The molecular weight excluding hydrogens is 534 g/mol. The molecule has 11 heteroatoms. The Bertz CT molecular complexity index is 1890. The van der Waals surface area contributed by atoms with Crippen LogP contribution in [-0.4, -0.2) is 66.3 Å². The number of rotatable bonds is 4. The molecule has 0 radical (unpaired) electrons. The van der Waals surface area contributed by atoms with Gasteiger partial charge in [-0.1, -0.05) is 0 Å². The molecule has 0 atom stereocenters. The summed E-state index contributed by atoms with van der Waals surface area (Å²) in [6, 6.07) is 12.5. The van der Waals surface area contributed by atoms with E-state index in [0.29, 0.717) is 70.3 Å². The molecule has 212 valence electrons. The van der Waals surface area contributed by atoms with E-state index in [-0.39, 0.29) is 17.7 Å². The number of ketones is 1. The largest absolute Gasteiger partial charge is 0.443 e. The van der Waals surface area contributed by atoms with Crippen LogP contribution in [0, 0.1) is 11.3 Å². The molecule has 0 aliphatic carbocycles. The first-order valence-corrected chi connectivity index (χ1v) is 13.7. The average molecular weight is 564 g/mol. The highest BCUT2D eigenvalue weighted by Gasteiger charge is 2.23. The average Bonchev–Trinajstić information content (AvgIpc) is 3.60. The number of hydrogen-bond donors (Lipinski definition) is 2. The number of aliphatic hydroxyl groups is 1. The Hall–Kier alpha value is -5.08. The highest BCUT2D eigenvalue weighted by molar-refractivity contribution is 6.09. The number of aromatic amines is 1. The van der Waals surface area contributed by atoms with Crippen LogP contribution in [0.1, 0.15) is 55.4 Å². The van der Waals surface area contributed by atoms with Crippen molar-refractivity contribution in [1.29, 1.82) is 5.26 Å². The van der Waals surface area contributed by atoms with Crippen LogP contribution < -0.4 is 4.90 Å². The fourth-order valence-electron chi connectivity index (χ4n) is 5.14. The van der Waals surface area contributed by atoms with Gasteiger partial charge in [0.05, 0.1) is 35.0 Å². The Morgan fingerprint density at radius 3 is 2.60 bits per heavy atom. The Labute approximate surface area is 241 Å². The third-order valence-electron chi connectivity index (χ3n) is 7.23. The van der Waals surface area contributed by atoms with E-state index in [4.69, 9.17) is 4.74 Å². The van der Waals surface area contributed by atoms with Crippen LogP contribution in [0.4, 0.5) is 10.6 Å². The van der Waals surface area contributed by atoms with Gasteiger partial charge in [-0.2, -0.15) is 5.26 Å². The zero-order valence-electron chi connectivity index (χ0n) is 23.5. The van der Waals surface area contributed by atoms with Crippen molar-refractivity contribution in [2.75, 3.05) is 18.0 Å². The van der Waals surface area contributed by atoms with E-state index in [1.54, 1.807) is 63.6 Å². The van der Waals surface area contributed by atoms with Crippen molar-refractivity contribution in [3.8, 4) is 17.2 Å². The number of imidazole rings is 1. The van der Waals surface area contributed by atoms with Gasteiger partial charge in [0.2, 0.25) is 5.78 Å². The lowest BCUT2D eigenvalue weighted by Gasteiger charge is -2.30. The van der Waals surface area contributed by atoms with E-state index in [2.05, 4.69) is 30.9 Å². The summed E-state index contributed by atoms with van der Waals surface area (Å²) in [5.74, 6) is 0.527. The maximum absolute atomic E-state index is 13.6. The minimum absolute atomic E-state index is 0.131. The van der Waals surface area contributed by atoms with Crippen molar-refractivity contribution in [3.05, 3.63) is 71.9 Å². The summed E-state index contributed by atoms with van der Waals surface area (Å²) in [6.07, 6.45) is 5.31. The second-order valence-corrected chi connectivity index (χ2v) is 11.3. The number of carbonyl (C=O) groups excluding carboxylic acids is 2. The molecule has 1 aliphatic rings. The number of carbonyl (C=O) groups is 2. The number of pyridine rings is 2. The third-order valence-corrected chi connectivity index (χ3v) is 7.23. The van der Waals surface area contributed by atoms with E-state index in [9.17, 15) is 20.0 Å². The molecule has 5 heterocycles. The fourth-order valence-corrected chi connectivity index (χ4v) is 5.14. The predicted molar refractivity (Wildman–Crippen MR) is 156 cm³/mol. The van der Waals surface area contributed by atoms with Gasteiger partial charge in [0, 0.05) is 47.6 Å². The molecule has 1 aromatic carbocycles. The molecule has 0 unspecified atom stereocenters. The molecule has 42 heavy (non-hydrogen) atoms. The smallest absolute Gasteiger partial charge is 0.419 e. The van der Waals surface area contributed by atoms with Crippen LogP contribution in [0.3, 0.4) is 0 Å². The summed E-state index contributed by atoms with van der Waals surface area (Å²) >= 11 is 0. The number of piperidine rings is 1. The number of hydrogen-bond acceptors (Lipinski definition) is 9. The first kappa shape index (κ1) is 27.1. The number of ether oxygens (including phenoxy) is 1. The lowest BCUT2D eigenvalue weighted by atomic mass is 9.95. The molecule has 1 aliphatic heterocycles. The summed E-state index contributed by atoms with van der Waals surface area (Å²) in [4.78, 5) is 45.0. The molecule has 0 spiro atoms. The van der Waals surface area contributed by atoms with Gasteiger partial charge in [0.15, 0.2) is 11.5 Å². The van der Waals surface area contributed by atoms with Gasteiger partial charge in [-0.3, -0.25) is 14.3 Å². The predicted octanol–water partition coefficient (Wildman–Crippen LogP) is 4.82. The molecule has 0 bridgehead atoms. The van der Waals surface area contributed by atoms with Crippen LogP contribution in [-0.2, 0) is 4.74 Å². The van der Waals surface area contributed by atoms with Crippen molar-refractivity contribution in [2.24, 2.45) is 0 Å². The van der Waals surface area contributed by atoms with Gasteiger partial charge in [0.25, 0.3) is 0 Å². The molecular formula is C31H29N7O4. The van der Waals surface area contributed by atoms with Crippen molar-refractivity contribution in [1.82, 2.24) is 24.5 Å². The Morgan fingerprint density at radius 1 is 1.07 bits per heavy atom. The highest BCUT2D eigenvalue weighted by Crippen LogP contribution is 2.32. The van der Waals surface area contributed by atoms with Crippen LogP contribution in [0.25, 0.3) is 33.2 Å². The van der Waals surface area contributed by atoms with Crippen LogP contribution in [0.2, 0.25) is 0 Å². The molecule has 5 aromatic rings. The molecule has 11 nitrogen and oxygen atoms in total. The Morgan fingerprint density at radius 2 is 1.86 bits per heavy atom. The first-order chi connectivity index (χ1) is 20.1. The van der Waals surface area contributed by atoms with Crippen molar-refractivity contribution >= 4 is 39.8 Å². The molecule has 0 saturated carbocycles. The minimum Gasteiger partial charge on any atom is -0.443 e. The number of fused-ring (bicyclic) bond motifs is 2. The summed E-state index contributed by atoms with van der Waals surface area (Å²) in [5.41, 5.74) is 2.69. The second kappa shape index (κ2) is 10.4. The maximum atomic E-state index is 13.6. The number of nitrogens with zero attached hydrogens (tertiary/aromatic N) is 6.